The molecule has 0 aliphatic rings. The number of halogens is 1. The van der Waals surface area contributed by atoms with E-state index in [-0.39, 0.29) is 5.91 Å². The number of ether oxygens (including phenoxy) is 1. The van der Waals surface area contributed by atoms with Gasteiger partial charge in [0.05, 0.1) is 18.0 Å². The molecule has 5 heteroatoms. The molecule has 2 rings (SSSR count). The molecule has 22 heavy (non-hydrogen) atoms. The van der Waals surface area contributed by atoms with Gasteiger partial charge < -0.3 is 10.1 Å². The van der Waals surface area contributed by atoms with Gasteiger partial charge in [-0.3, -0.25) is 4.79 Å². The molecule has 0 radical (unpaired) electrons. The smallest absolute Gasteiger partial charge is 0.234 e. The van der Waals surface area contributed by atoms with Crippen LogP contribution in [-0.4, -0.2) is 18.3 Å². The van der Waals surface area contributed by atoms with Crippen molar-refractivity contribution in [2.45, 2.75) is 18.7 Å². The first-order valence-electron chi connectivity index (χ1n) is 7.00. The minimum Gasteiger partial charge on any atom is -0.492 e. The van der Waals surface area contributed by atoms with Crippen molar-refractivity contribution < 1.29 is 9.53 Å². The molecule has 0 bridgehead atoms. The average Bonchev–Trinajstić information content (AvgIpc) is 2.48. The first-order chi connectivity index (χ1) is 10.6. The van der Waals surface area contributed by atoms with Gasteiger partial charge in [0, 0.05) is 9.37 Å². The summed E-state index contributed by atoms with van der Waals surface area (Å²) in [7, 11) is 0. The highest BCUT2D eigenvalue weighted by Gasteiger charge is 2.09. The van der Waals surface area contributed by atoms with Crippen LogP contribution in [0.5, 0.6) is 5.75 Å². The zero-order valence-electron chi connectivity index (χ0n) is 12.6. The number of carbonyl (C=O) groups is 1. The second-order valence-corrected chi connectivity index (χ2v) is 6.61. The van der Waals surface area contributed by atoms with Crippen molar-refractivity contribution in [3.8, 4) is 5.75 Å². The number of para-hydroxylation sites is 2. The van der Waals surface area contributed by atoms with Gasteiger partial charge >= 0.3 is 0 Å². The molecule has 0 saturated heterocycles. The highest BCUT2D eigenvalue weighted by Crippen LogP contribution is 2.27. The SMILES string of the molecule is CCOc1ccccc1NC(=O)CSc1ccc(Br)cc1C. The van der Waals surface area contributed by atoms with E-state index in [0.717, 1.165) is 14.9 Å². The van der Waals surface area contributed by atoms with Gasteiger partial charge in [0.15, 0.2) is 0 Å². The fourth-order valence-electron chi connectivity index (χ4n) is 1.96. The topological polar surface area (TPSA) is 38.3 Å². The summed E-state index contributed by atoms with van der Waals surface area (Å²) in [4.78, 5) is 13.2. The lowest BCUT2D eigenvalue weighted by molar-refractivity contribution is -0.113. The molecule has 1 N–H and O–H groups in total. The largest absolute Gasteiger partial charge is 0.492 e. The number of hydrogen-bond donors (Lipinski definition) is 1. The van der Waals surface area contributed by atoms with Gasteiger partial charge in [-0.05, 0) is 49.7 Å². The van der Waals surface area contributed by atoms with Crippen LogP contribution < -0.4 is 10.1 Å². The molecular weight excluding hydrogens is 362 g/mol. The lowest BCUT2D eigenvalue weighted by Gasteiger charge is -2.11. The van der Waals surface area contributed by atoms with E-state index >= 15 is 0 Å². The minimum absolute atomic E-state index is 0.0422. The van der Waals surface area contributed by atoms with Gasteiger partial charge in [-0.1, -0.05) is 28.1 Å². The van der Waals surface area contributed by atoms with Crippen molar-refractivity contribution >= 4 is 39.3 Å². The molecule has 0 unspecified atom stereocenters. The van der Waals surface area contributed by atoms with Crippen LogP contribution in [0, 0.1) is 6.92 Å². The van der Waals surface area contributed by atoms with Crippen LogP contribution in [0.3, 0.4) is 0 Å². The number of rotatable bonds is 6. The van der Waals surface area contributed by atoms with Crippen LogP contribution in [0.15, 0.2) is 51.8 Å². The van der Waals surface area contributed by atoms with E-state index in [1.165, 1.54) is 11.8 Å². The fraction of sp³-hybridized carbons (Fsp3) is 0.235. The van der Waals surface area contributed by atoms with Gasteiger partial charge in [0.2, 0.25) is 5.91 Å². The molecule has 0 spiro atoms. The lowest BCUT2D eigenvalue weighted by atomic mass is 10.2. The predicted octanol–water partition coefficient (Wildman–Crippen LogP) is 4.89. The Bertz CT molecular complexity index is 661. The Morgan fingerprint density at radius 3 is 2.77 bits per heavy atom. The predicted molar refractivity (Wildman–Crippen MR) is 95.8 cm³/mol. The summed E-state index contributed by atoms with van der Waals surface area (Å²) in [6, 6.07) is 13.5. The Hall–Kier alpha value is -1.46. The van der Waals surface area contributed by atoms with E-state index in [0.29, 0.717) is 23.8 Å². The van der Waals surface area contributed by atoms with E-state index in [1.54, 1.807) is 0 Å². The Balaban J connectivity index is 1.96. The van der Waals surface area contributed by atoms with E-state index < -0.39 is 0 Å². The van der Waals surface area contributed by atoms with Gasteiger partial charge in [-0.2, -0.15) is 0 Å². The molecule has 0 heterocycles. The summed E-state index contributed by atoms with van der Waals surface area (Å²) >= 11 is 4.97. The molecule has 1 amide bonds. The Labute approximate surface area is 143 Å². The number of amides is 1. The third-order valence-corrected chi connectivity index (χ3v) is 4.63. The second kappa shape index (κ2) is 8.25. The van der Waals surface area contributed by atoms with Crippen molar-refractivity contribution in [1.29, 1.82) is 0 Å². The molecule has 0 atom stereocenters. The van der Waals surface area contributed by atoms with Crippen molar-refractivity contribution in [3.05, 3.63) is 52.5 Å². The Morgan fingerprint density at radius 2 is 2.05 bits per heavy atom. The number of nitrogens with one attached hydrogen (secondary N) is 1. The zero-order chi connectivity index (χ0) is 15.9. The normalized spacial score (nSPS) is 10.3. The molecule has 2 aromatic rings. The molecule has 0 aliphatic carbocycles. The highest BCUT2D eigenvalue weighted by molar-refractivity contribution is 9.10. The van der Waals surface area contributed by atoms with Gasteiger partial charge in [0.1, 0.15) is 5.75 Å². The molecule has 0 aromatic heterocycles. The van der Waals surface area contributed by atoms with Crippen molar-refractivity contribution in [2.75, 3.05) is 17.7 Å². The number of anilines is 1. The number of hydrogen-bond acceptors (Lipinski definition) is 3. The monoisotopic (exact) mass is 379 g/mol. The van der Waals surface area contributed by atoms with Gasteiger partial charge in [-0.15, -0.1) is 11.8 Å². The molecule has 3 nitrogen and oxygen atoms in total. The molecule has 0 aliphatic heterocycles. The first-order valence-corrected chi connectivity index (χ1v) is 8.78. The van der Waals surface area contributed by atoms with Crippen LogP contribution in [0.1, 0.15) is 12.5 Å². The molecular formula is C17H18BrNO2S. The summed E-state index contributed by atoms with van der Waals surface area (Å²) in [6.45, 7) is 4.53. The number of benzene rings is 2. The summed E-state index contributed by atoms with van der Waals surface area (Å²) in [6.07, 6.45) is 0. The van der Waals surface area contributed by atoms with Crippen LogP contribution >= 0.6 is 27.7 Å². The maximum Gasteiger partial charge on any atom is 0.234 e. The lowest BCUT2D eigenvalue weighted by Crippen LogP contribution is -2.15. The fourth-order valence-corrected chi connectivity index (χ4v) is 3.24. The third kappa shape index (κ3) is 4.78. The summed E-state index contributed by atoms with van der Waals surface area (Å²) < 4.78 is 6.55. The van der Waals surface area contributed by atoms with E-state index in [1.807, 2.05) is 56.3 Å². The van der Waals surface area contributed by atoms with Crippen LogP contribution in [0.25, 0.3) is 0 Å². The Morgan fingerprint density at radius 1 is 1.27 bits per heavy atom. The molecule has 116 valence electrons. The molecule has 0 fully saturated rings. The minimum atomic E-state index is -0.0422. The highest BCUT2D eigenvalue weighted by atomic mass is 79.9. The first kappa shape index (κ1) is 16.9. The number of carbonyl (C=O) groups excluding carboxylic acids is 1. The Kier molecular flexibility index (Phi) is 6.34. The second-order valence-electron chi connectivity index (χ2n) is 4.68. The van der Waals surface area contributed by atoms with E-state index in [2.05, 4.69) is 21.2 Å². The van der Waals surface area contributed by atoms with Gasteiger partial charge in [-0.25, -0.2) is 0 Å². The van der Waals surface area contributed by atoms with Gasteiger partial charge in [0.25, 0.3) is 0 Å². The van der Waals surface area contributed by atoms with Crippen molar-refractivity contribution in [1.82, 2.24) is 0 Å². The number of aryl methyl sites for hydroxylation is 1. The molecule has 2 aromatic carbocycles. The van der Waals surface area contributed by atoms with Crippen LogP contribution in [0.4, 0.5) is 5.69 Å². The maximum absolute atomic E-state index is 12.1. The quantitative estimate of drug-likeness (QED) is 0.726. The van der Waals surface area contributed by atoms with E-state index in [9.17, 15) is 4.79 Å². The van der Waals surface area contributed by atoms with Crippen LogP contribution in [0.2, 0.25) is 0 Å². The number of thioether (sulfide) groups is 1. The molecule has 0 saturated carbocycles. The summed E-state index contributed by atoms with van der Waals surface area (Å²) in [5.74, 6) is 1.02. The van der Waals surface area contributed by atoms with Crippen LogP contribution in [-0.2, 0) is 4.79 Å². The summed E-state index contributed by atoms with van der Waals surface area (Å²) in [5.41, 5.74) is 1.87. The summed E-state index contributed by atoms with van der Waals surface area (Å²) in [5, 5.41) is 2.90. The standard InChI is InChI=1S/C17H18BrNO2S/c1-3-21-15-7-5-4-6-14(15)19-17(20)11-22-16-9-8-13(18)10-12(16)2/h4-10H,3,11H2,1-2H3,(H,19,20). The van der Waals surface area contributed by atoms with Crippen molar-refractivity contribution in [3.63, 3.8) is 0 Å². The zero-order valence-corrected chi connectivity index (χ0v) is 15.0. The maximum atomic E-state index is 12.1. The van der Waals surface area contributed by atoms with Crippen molar-refractivity contribution in [2.24, 2.45) is 0 Å². The van der Waals surface area contributed by atoms with E-state index in [4.69, 9.17) is 4.74 Å². The average molecular weight is 380 g/mol. The third-order valence-electron chi connectivity index (χ3n) is 2.96.